The van der Waals surface area contributed by atoms with Crippen molar-refractivity contribution in [3.8, 4) is 0 Å². The summed E-state index contributed by atoms with van der Waals surface area (Å²) in [5, 5.41) is 3.09. The van der Waals surface area contributed by atoms with Gasteiger partial charge in [-0.1, -0.05) is 13.8 Å². The van der Waals surface area contributed by atoms with E-state index in [0.717, 1.165) is 6.61 Å². The number of pyridine rings is 1. The highest BCUT2D eigenvalue weighted by molar-refractivity contribution is 5.89. The standard InChI is InChI=1S/C13H20N2O3/c1-10(2)9-18-7-6-15-12-8-11(4-5-14-12)13(16)17-3/h4-5,8,10H,6-7,9H2,1-3H3,(H,14,15). The van der Waals surface area contributed by atoms with Crippen LogP contribution in [0.25, 0.3) is 0 Å². The molecule has 0 aliphatic heterocycles. The number of rotatable bonds is 7. The minimum absolute atomic E-state index is 0.364. The molecule has 1 aromatic rings. The highest BCUT2D eigenvalue weighted by Gasteiger charge is 2.05. The topological polar surface area (TPSA) is 60.5 Å². The number of anilines is 1. The third kappa shape index (κ3) is 5.14. The molecule has 0 saturated heterocycles. The van der Waals surface area contributed by atoms with E-state index in [4.69, 9.17) is 4.74 Å². The SMILES string of the molecule is COC(=O)c1ccnc(NCCOCC(C)C)c1. The van der Waals surface area contributed by atoms with Crippen LogP contribution in [0.3, 0.4) is 0 Å². The summed E-state index contributed by atoms with van der Waals surface area (Å²) in [5.41, 5.74) is 0.484. The lowest BCUT2D eigenvalue weighted by Crippen LogP contribution is -2.13. The summed E-state index contributed by atoms with van der Waals surface area (Å²) in [6.07, 6.45) is 1.57. The fraction of sp³-hybridized carbons (Fsp3) is 0.538. The number of aromatic nitrogens is 1. The van der Waals surface area contributed by atoms with E-state index in [2.05, 4.69) is 28.9 Å². The molecule has 0 amide bonds. The van der Waals surface area contributed by atoms with Gasteiger partial charge in [0.05, 0.1) is 19.3 Å². The molecule has 0 radical (unpaired) electrons. The number of esters is 1. The highest BCUT2D eigenvalue weighted by Crippen LogP contribution is 2.07. The zero-order valence-corrected chi connectivity index (χ0v) is 11.1. The number of hydrogen-bond donors (Lipinski definition) is 1. The molecule has 0 saturated carbocycles. The lowest BCUT2D eigenvalue weighted by molar-refractivity contribution is 0.0600. The molecule has 0 unspecified atom stereocenters. The second kappa shape index (κ2) is 7.66. The van der Waals surface area contributed by atoms with E-state index in [1.54, 1.807) is 18.3 Å². The van der Waals surface area contributed by atoms with Crippen LogP contribution < -0.4 is 5.32 Å². The predicted molar refractivity (Wildman–Crippen MR) is 69.7 cm³/mol. The van der Waals surface area contributed by atoms with E-state index >= 15 is 0 Å². The molecule has 0 atom stereocenters. The van der Waals surface area contributed by atoms with Gasteiger partial charge in [-0.2, -0.15) is 0 Å². The Kier molecular flexibility index (Phi) is 6.14. The minimum Gasteiger partial charge on any atom is -0.465 e. The van der Waals surface area contributed by atoms with E-state index in [-0.39, 0.29) is 5.97 Å². The number of nitrogens with one attached hydrogen (secondary N) is 1. The molecule has 1 rings (SSSR count). The molecule has 100 valence electrons. The Morgan fingerprint density at radius 1 is 1.50 bits per heavy atom. The highest BCUT2D eigenvalue weighted by atomic mass is 16.5. The van der Waals surface area contributed by atoms with Crippen LogP contribution in [0.15, 0.2) is 18.3 Å². The average Bonchev–Trinajstić information content (AvgIpc) is 2.37. The Balaban J connectivity index is 2.36. The zero-order valence-electron chi connectivity index (χ0n) is 11.1. The summed E-state index contributed by atoms with van der Waals surface area (Å²) in [4.78, 5) is 15.4. The summed E-state index contributed by atoms with van der Waals surface area (Å²) < 4.78 is 10.1. The molecule has 5 heteroatoms. The van der Waals surface area contributed by atoms with Gasteiger partial charge in [0.25, 0.3) is 0 Å². The first-order valence-electron chi connectivity index (χ1n) is 5.99. The molecule has 18 heavy (non-hydrogen) atoms. The van der Waals surface area contributed by atoms with Gasteiger partial charge in [0.1, 0.15) is 5.82 Å². The number of methoxy groups -OCH3 is 1. The van der Waals surface area contributed by atoms with Gasteiger partial charge < -0.3 is 14.8 Å². The summed E-state index contributed by atoms with van der Waals surface area (Å²) in [7, 11) is 1.36. The van der Waals surface area contributed by atoms with E-state index < -0.39 is 0 Å². The minimum atomic E-state index is -0.364. The van der Waals surface area contributed by atoms with Crippen LogP contribution in [0.2, 0.25) is 0 Å². The van der Waals surface area contributed by atoms with E-state index in [9.17, 15) is 4.79 Å². The lowest BCUT2D eigenvalue weighted by Gasteiger charge is -2.08. The van der Waals surface area contributed by atoms with Gasteiger partial charge in [0.15, 0.2) is 0 Å². The van der Waals surface area contributed by atoms with Crippen molar-refractivity contribution in [1.29, 1.82) is 0 Å². The molecule has 0 aromatic carbocycles. The smallest absolute Gasteiger partial charge is 0.338 e. The predicted octanol–water partition coefficient (Wildman–Crippen LogP) is 1.95. The van der Waals surface area contributed by atoms with Crippen LogP contribution in [-0.2, 0) is 9.47 Å². The normalized spacial score (nSPS) is 10.4. The third-order valence-electron chi connectivity index (χ3n) is 2.18. The average molecular weight is 252 g/mol. The maximum absolute atomic E-state index is 11.3. The van der Waals surface area contributed by atoms with Crippen molar-refractivity contribution in [2.45, 2.75) is 13.8 Å². The Bertz CT molecular complexity index is 380. The number of carbonyl (C=O) groups is 1. The van der Waals surface area contributed by atoms with Crippen molar-refractivity contribution >= 4 is 11.8 Å². The maximum atomic E-state index is 11.3. The maximum Gasteiger partial charge on any atom is 0.338 e. The molecule has 0 bridgehead atoms. The molecule has 0 aliphatic carbocycles. The van der Waals surface area contributed by atoms with Gasteiger partial charge in [-0.25, -0.2) is 9.78 Å². The molecule has 0 fully saturated rings. The second-order valence-electron chi connectivity index (χ2n) is 4.32. The molecule has 1 aromatic heterocycles. The monoisotopic (exact) mass is 252 g/mol. The van der Waals surface area contributed by atoms with Crippen LogP contribution in [0.1, 0.15) is 24.2 Å². The quantitative estimate of drug-likeness (QED) is 0.593. The van der Waals surface area contributed by atoms with Crippen molar-refractivity contribution in [3.63, 3.8) is 0 Å². The molecule has 5 nitrogen and oxygen atoms in total. The van der Waals surface area contributed by atoms with Crippen molar-refractivity contribution in [1.82, 2.24) is 4.98 Å². The summed E-state index contributed by atoms with van der Waals surface area (Å²) >= 11 is 0. The number of ether oxygens (including phenoxy) is 2. The Hall–Kier alpha value is -1.62. The van der Waals surface area contributed by atoms with Crippen molar-refractivity contribution < 1.29 is 14.3 Å². The second-order valence-corrected chi connectivity index (χ2v) is 4.32. The Morgan fingerprint density at radius 2 is 2.28 bits per heavy atom. The summed E-state index contributed by atoms with van der Waals surface area (Å²) in [6.45, 7) is 6.23. The van der Waals surface area contributed by atoms with Gasteiger partial charge in [-0.15, -0.1) is 0 Å². The summed E-state index contributed by atoms with van der Waals surface area (Å²) in [5.74, 6) is 0.813. The fourth-order valence-corrected chi connectivity index (χ4v) is 1.34. The van der Waals surface area contributed by atoms with Crippen LogP contribution >= 0.6 is 0 Å². The zero-order chi connectivity index (χ0) is 13.4. The van der Waals surface area contributed by atoms with Crippen LogP contribution in [0.5, 0.6) is 0 Å². The van der Waals surface area contributed by atoms with E-state index in [0.29, 0.717) is 30.5 Å². The van der Waals surface area contributed by atoms with Crippen molar-refractivity contribution in [2.75, 3.05) is 32.2 Å². The van der Waals surface area contributed by atoms with Gasteiger partial charge in [-0.05, 0) is 18.1 Å². The molecular weight excluding hydrogens is 232 g/mol. The first-order valence-corrected chi connectivity index (χ1v) is 5.99. The molecule has 0 aliphatic rings. The molecule has 1 N–H and O–H groups in total. The van der Waals surface area contributed by atoms with Gasteiger partial charge >= 0.3 is 5.97 Å². The Morgan fingerprint density at radius 3 is 2.94 bits per heavy atom. The molecule has 1 heterocycles. The molecule has 0 spiro atoms. The Labute approximate surface area is 108 Å². The van der Waals surface area contributed by atoms with Gasteiger partial charge in [0.2, 0.25) is 0 Å². The number of carbonyl (C=O) groups excluding carboxylic acids is 1. The van der Waals surface area contributed by atoms with Crippen molar-refractivity contribution in [3.05, 3.63) is 23.9 Å². The molecular formula is C13H20N2O3. The van der Waals surface area contributed by atoms with E-state index in [1.807, 2.05) is 0 Å². The van der Waals surface area contributed by atoms with Crippen LogP contribution in [-0.4, -0.2) is 37.8 Å². The van der Waals surface area contributed by atoms with Gasteiger partial charge in [-0.3, -0.25) is 0 Å². The number of nitrogens with zero attached hydrogens (tertiary/aromatic N) is 1. The third-order valence-corrected chi connectivity index (χ3v) is 2.18. The van der Waals surface area contributed by atoms with E-state index in [1.165, 1.54) is 7.11 Å². The van der Waals surface area contributed by atoms with Crippen molar-refractivity contribution in [2.24, 2.45) is 5.92 Å². The fourth-order valence-electron chi connectivity index (χ4n) is 1.34. The first-order chi connectivity index (χ1) is 8.63. The van der Waals surface area contributed by atoms with Crippen LogP contribution in [0, 0.1) is 5.92 Å². The number of hydrogen-bond acceptors (Lipinski definition) is 5. The largest absolute Gasteiger partial charge is 0.465 e. The van der Waals surface area contributed by atoms with Crippen LogP contribution in [0.4, 0.5) is 5.82 Å². The first kappa shape index (κ1) is 14.4. The summed E-state index contributed by atoms with van der Waals surface area (Å²) in [6, 6.07) is 3.28. The lowest BCUT2D eigenvalue weighted by atomic mass is 10.2. The van der Waals surface area contributed by atoms with Gasteiger partial charge in [0, 0.05) is 19.3 Å².